The molecule has 108 valence electrons. The van der Waals surface area contributed by atoms with Crippen LogP contribution >= 0.6 is 0 Å². The Morgan fingerprint density at radius 3 is 2.75 bits per heavy atom. The van der Waals surface area contributed by atoms with Crippen LogP contribution in [0.2, 0.25) is 0 Å². The van der Waals surface area contributed by atoms with Gasteiger partial charge in [0, 0.05) is 19.5 Å². The van der Waals surface area contributed by atoms with Crippen molar-refractivity contribution in [1.29, 1.82) is 0 Å². The lowest BCUT2D eigenvalue weighted by Crippen LogP contribution is -2.30. The standard InChI is InChI=1S/C14H15F2NO3/c1-17(5-4-13(18)19)14(20)11-7-9(11)10-6-8(15)2-3-12(10)16/h2-3,6,9,11H,4-5,7H2,1H3,(H,18,19). The first-order valence-electron chi connectivity index (χ1n) is 6.32. The van der Waals surface area contributed by atoms with E-state index in [0.29, 0.717) is 6.42 Å². The van der Waals surface area contributed by atoms with E-state index in [0.717, 1.165) is 18.2 Å². The van der Waals surface area contributed by atoms with Gasteiger partial charge in [0.2, 0.25) is 5.91 Å². The molecule has 2 unspecified atom stereocenters. The van der Waals surface area contributed by atoms with Gasteiger partial charge >= 0.3 is 5.97 Å². The molecule has 0 aliphatic heterocycles. The topological polar surface area (TPSA) is 57.6 Å². The van der Waals surface area contributed by atoms with Crippen LogP contribution in [0.3, 0.4) is 0 Å². The van der Waals surface area contributed by atoms with Gasteiger partial charge in [0.1, 0.15) is 11.6 Å². The number of carbonyl (C=O) groups excluding carboxylic acids is 1. The van der Waals surface area contributed by atoms with Crippen LogP contribution < -0.4 is 0 Å². The summed E-state index contributed by atoms with van der Waals surface area (Å²) >= 11 is 0. The Labute approximate surface area is 115 Å². The molecule has 0 heterocycles. The molecule has 1 N–H and O–H groups in total. The Bertz CT molecular complexity index is 547. The average molecular weight is 283 g/mol. The predicted molar refractivity (Wildman–Crippen MR) is 67.1 cm³/mol. The molecule has 4 nitrogen and oxygen atoms in total. The molecule has 0 aromatic heterocycles. The molecule has 20 heavy (non-hydrogen) atoms. The van der Waals surface area contributed by atoms with Crippen molar-refractivity contribution in [3.05, 3.63) is 35.4 Å². The Morgan fingerprint density at radius 1 is 1.40 bits per heavy atom. The summed E-state index contributed by atoms with van der Waals surface area (Å²) < 4.78 is 26.7. The van der Waals surface area contributed by atoms with Crippen LogP contribution in [0.25, 0.3) is 0 Å². The van der Waals surface area contributed by atoms with Gasteiger partial charge in [-0.2, -0.15) is 0 Å². The van der Waals surface area contributed by atoms with E-state index in [2.05, 4.69) is 0 Å². The quantitative estimate of drug-likeness (QED) is 0.899. The molecule has 0 saturated heterocycles. The van der Waals surface area contributed by atoms with E-state index in [4.69, 9.17) is 5.11 Å². The zero-order chi connectivity index (χ0) is 14.9. The molecule has 1 aromatic rings. The third-order valence-corrected chi connectivity index (χ3v) is 3.50. The lowest BCUT2D eigenvalue weighted by atomic mass is 10.1. The fraction of sp³-hybridized carbons (Fsp3) is 0.429. The lowest BCUT2D eigenvalue weighted by Gasteiger charge is -2.16. The van der Waals surface area contributed by atoms with Crippen LogP contribution in [0.4, 0.5) is 8.78 Å². The van der Waals surface area contributed by atoms with E-state index < -0.39 is 17.6 Å². The van der Waals surface area contributed by atoms with Crippen molar-refractivity contribution in [1.82, 2.24) is 4.90 Å². The smallest absolute Gasteiger partial charge is 0.305 e. The maximum atomic E-state index is 13.6. The molecule has 1 amide bonds. The highest BCUT2D eigenvalue weighted by Crippen LogP contribution is 2.49. The van der Waals surface area contributed by atoms with Gasteiger partial charge in [-0.25, -0.2) is 8.78 Å². The number of carbonyl (C=O) groups is 2. The summed E-state index contributed by atoms with van der Waals surface area (Å²) in [7, 11) is 1.52. The number of benzene rings is 1. The van der Waals surface area contributed by atoms with Crippen LogP contribution in [0.1, 0.15) is 24.3 Å². The van der Waals surface area contributed by atoms with Crippen molar-refractivity contribution in [3.63, 3.8) is 0 Å². The van der Waals surface area contributed by atoms with Gasteiger partial charge in [-0.05, 0) is 36.1 Å². The van der Waals surface area contributed by atoms with Gasteiger partial charge < -0.3 is 10.0 Å². The molecule has 0 spiro atoms. The Morgan fingerprint density at radius 2 is 2.10 bits per heavy atom. The van der Waals surface area contributed by atoms with E-state index in [1.165, 1.54) is 11.9 Å². The summed E-state index contributed by atoms with van der Waals surface area (Å²) in [6.07, 6.45) is 0.338. The first-order valence-corrected chi connectivity index (χ1v) is 6.32. The lowest BCUT2D eigenvalue weighted by molar-refractivity contribution is -0.138. The van der Waals surface area contributed by atoms with Crippen LogP contribution in [0, 0.1) is 17.6 Å². The Kier molecular flexibility index (Phi) is 4.01. The average Bonchev–Trinajstić information content (AvgIpc) is 3.18. The van der Waals surface area contributed by atoms with Crippen molar-refractivity contribution in [2.75, 3.05) is 13.6 Å². The molecule has 1 aliphatic carbocycles. The molecule has 0 bridgehead atoms. The van der Waals surface area contributed by atoms with Gasteiger partial charge in [-0.15, -0.1) is 0 Å². The molecule has 2 atom stereocenters. The molecular formula is C14H15F2NO3. The highest BCUT2D eigenvalue weighted by molar-refractivity contribution is 5.83. The van der Waals surface area contributed by atoms with Gasteiger partial charge in [-0.1, -0.05) is 0 Å². The van der Waals surface area contributed by atoms with Crippen LogP contribution in [0.15, 0.2) is 18.2 Å². The highest BCUT2D eigenvalue weighted by Gasteiger charge is 2.46. The third-order valence-electron chi connectivity index (χ3n) is 3.50. The molecule has 6 heteroatoms. The van der Waals surface area contributed by atoms with Crippen molar-refractivity contribution >= 4 is 11.9 Å². The van der Waals surface area contributed by atoms with Crippen molar-refractivity contribution in [2.24, 2.45) is 5.92 Å². The fourth-order valence-electron chi connectivity index (χ4n) is 2.27. The Balaban J connectivity index is 1.98. The maximum Gasteiger partial charge on any atom is 0.305 e. The summed E-state index contributed by atoms with van der Waals surface area (Å²) in [6.45, 7) is 0.114. The number of aliphatic carboxylic acids is 1. The summed E-state index contributed by atoms with van der Waals surface area (Å²) in [5, 5.41) is 8.57. The van der Waals surface area contributed by atoms with E-state index in [1.54, 1.807) is 0 Å². The molecule has 2 rings (SSSR count). The summed E-state index contributed by atoms with van der Waals surface area (Å²) in [5.74, 6) is -2.94. The SMILES string of the molecule is CN(CCC(=O)O)C(=O)C1CC1c1cc(F)ccc1F. The largest absolute Gasteiger partial charge is 0.481 e. The first kappa shape index (κ1) is 14.4. The highest BCUT2D eigenvalue weighted by atomic mass is 19.1. The molecular weight excluding hydrogens is 268 g/mol. The van der Waals surface area contributed by atoms with E-state index in [9.17, 15) is 18.4 Å². The molecule has 1 saturated carbocycles. The van der Waals surface area contributed by atoms with Crippen LogP contribution in [-0.4, -0.2) is 35.5 Å². The minimum Gasteiger partial charge on any atom is -0.481 e. The fourth-order valence-corrected chi connectivity index (χ4v) is 2.27. The minimum atomic E-state index is -0.979. The van der Waals surface area contributed by atoms with Gasteiger partial charge in [0.15, 0.2) is 0 Å². The zero-order valence-corrected chi connectivity index (χ0v) is 11.0. The van der Waals surface area contributed by atoms with Crippen LogP contribution in [0.5, 0.6) is 0 Å². The summed E-state index contributed by atoms with van der Waals surface area (Å²) in [4.78, 5) is 23.8. The monoisotopic (exact) mass is 283 g/mol. The van der Waals surface area contributed by atoms with Crippen molar-refractivity contribution in [3.8, 4) is 0 Å². The second-order valence-electron chi connectivity index (χ2n) is 5.02. The number of nitrogens with zero attached hydrogens (tertiary/aromatic N) is 1. The van der Waals surface area contributed by atoms with Gasteiger partial charge in [0.25, 0.3) is 0 Å². The molecule has 1 aliphatic rings. The summed E-state index contributed by atoms with van der Waals surface area (Å²) in [6, 6.07) is 3.21. The minimum absolute atomic E-state index is 0.114. The normalized spacial score (nSPS) is 20.6. The van der Waals surface area contributed by atoms with E-state index in [1.807, 2.05) is 0 Å². The zero-order valence-electron chi connectivity index (χ0n) is 11.0. The Hall–Kier alpha value is -1.98. The van der Waals surface area contributed by atoms with Crippen molar-refractivity contribution in [2.45, 2.75) is 18.8 Å². The number of halogens is 2. The van der Waals surface area contributed by atoms with Crippen molar-refractivity contribution < 1.29 is 23.5 Å². The number of amides is 1. The molecule has 1 aromatic carbocycles. The maximum absolute atomic E-state index is 13.6. The van der Waals surface area contributed by atoms with Gasteiger partial charge in [-0.3, -0.25) is 9.59 Å². The second kappa shape index (κ2) is 5.56. The van der Waals surface area contributed by atoms with E-state index in [-0.39, 0.29) is 36.3 Å². The molecule has 0 radical (unpaired) electrons. The number of hydrogen-bond donors (Lipinski definition) is 1. The number of hydrogen-bond acceptors (Lipinski definition) is 2. The summed E-state index contributed by atoms with van der Waals surface area (Å²) in [5.41, 5.74) is 0.218. The van der Waals surface area contributed by atoms with E-state index >= 15 is 0 Å². The molecule has 1 fully saturated rings. The number of rotatable bonds is 5. The second-order valence-corrected chi connectivity index (χ2v) is 5.02. The van der Waals surface area contributed by atoms with Crippen LogP contribution in [-0.2, 0) is 9.59 Å². The predicted octanol–water partition coefficient (Wildman–Crippen LogP) is 2.00. The third kappa shape index (κ3) is 3.12. The van der Waals surface area contributed by atoms with Gasteiger partial charge in [0.05, 0.1) is 6.42 Å². The number of carboxylic acids is 1. The first-order chi connectivity index (χ1) is 9.40. The number of carboxylic acid groups (broad SMARTS) is 1.